The van der Waals surface area contributed by atoms with Gasteiger partial charge in [-0.05, 0) is 37.3 Å². The molecule has 1 fully saturated rings. The first-order valence-electron chi connectivity index (χ1n) is 7.36. The van der Waals surface area contributed by atoms with Gasteiger partial charge in [0.1, 0.15) is 0 Å². The molecule has 2 heterocycles. The van der Waals surface area contributed by atoms with Crippen LogP contribution in [0.5, 0.6) is 0 Å². The Morgan fingerprint density at radius 1 is 1.30 bits per heavy atom. The van der Waals surface area contributed by atoms with E-state index in [9.17, 15) is 0 Å². The molecule has 5 heteroatoms. The maximum atomic E-state index is 6.00. The zero-order valence-electron chi connectivity index (χ0n) is 11.8. The average Bonchev–Trinajstić information content (AvgIpc) is 2.89. The lowest BCUT2D eigenvalue weighted by molar-refractivity contribution is 0.232. The number of rotatable bonds is 2. The molecule has 0 saturated heterocycles. The van der Waals surface area contributed by atoms with Crippen LogP contribution in [0.1, 0.15) is 49.9 Å². The van der Waals surface area contributed by atoms with E-state index in [0.29, 0.717) is 11.5 Å². The van der Waals surface area contributed by atoms with Crippen LogP contribution in [0.4, 0.5) is 0 Å². The van der Waals surface area contributed by atoms with Crippen LogP contribution in [0, 0.1) is 5.41 Å². The van der Waals surface area contributed by atoms with E-state index in [-0.39, 0.29) is 0 Å². The lowest BCUT2D eigenvalue weighted by Crippen LogP contribution is -2.37. The number of aliphatic imine (C=N–C) groups is 1. The Hall–Kier alpha value is -0.190. The zero-order valence-corrected chi connectivity index (χ0v) is 14.2. The summed E-state index contributed by atoms with van der Waals surface area (Å²) in [5, 5.41) is 4.64. The molecular weight excluding hydrogens is 308 g/mol. The number of thioether (sulfide) groups is 1. The Labute approximate surface area is 134 Å². The fraction of sp³-hybridized carbons (Fsp3) is 0.667. The van der Waals surface area contributed by atoms with Crippen molar-refractivity contribution >= 4 is 39.9 Å². The van der Waals surface area contributed by atoms with Crippen LogP contribution in [0.25, 0.3) is 0 Å². The molecule has 2 aliphatic rings. The van der Waals surface area contributed by atoms with Gasteiger partial charge in [0.25, 0.3) is 0 Å². The highest BCUT2D eigenvalue weighted by molar-refractivity contribution is 8.13. The first-order chi connectivity index (χ1) is 9.67. The molecule has 3 rings (SSSR count). The van der Waals surface area contributed by atoms with Gasteiger partial charge in [0.2, 0.25) is 0 Å². The molecule has 1 atom stereocenters. The van der Waals surface area contributed by atoms with Gasteiger partial charge in [0.05, 0.1) is 10.4 Å². The van der Waals surface area contributed by atoms with Crippen molar-refractivity contribution in [2.75, 3.05) is 12.3 Å². The molecule has 0 amide bonds. The Balaban J connectivity index is 1.59. The Bertz CT molecular complexity index is 492. The first-order valence-corrected chi connectivity index (χ1v) is 9.54. The summed E-state index contributed by atoms with van der Waals surface area (Å²) < 4.78 is 0.855. The van der Waals surface area contributed by atoms with Crippen LogP contribution in [0.2, 0.25) is 4.34 Å². The normalized spacial score (nSPS) is 23.4. The summed E-state index contributed by atoms with van der Waals surface area (Å²) in [5.41, 5.74) is 0.504. The minimum atomic E-state index is 0.291. The van der Waals surface area contributed by atoms with Crippen LogP contribution in [0.3, 0.4) is 0 Å². The second-order valence-corrected chi connectivity index (χ2v) is 8.69. The van der Waals surface area contributed by atoms with Crippen LogP contribution in [-0.4, -0.2) is 17.5 Å². The highest BCUT2D eigenvalue weighted by Crippen LogP contribution is 2.41. The van der Waals surface area contributed by atoms with Gasteiger partial charge in [-0.1, -0.05) is 42.6 Å². The summed E-state index contributed by atoms with van der Waals surface area (Å²) in [5.74, 6) is 1.23. The van der Waals surface area contributed by atoms with Gasteiger partial charge in [0, 0.05) is 17.2 Å². The molecule has 1 aliphatic carbocycles. The minimum Gasteiger partial charge on any atom is -0.358 e. The van der Waals surface area contributed by atoms with Crippen molar-refractivity contribution in [2.45, 2.75) is 45.1 Å². The highest BCUT2D eigenvalue weighted by atomic mass is 35.5. The predicted molar refractivity (Wildman–Crippen MR) is 91.2 cm³/mol. The Kier molecular flexibility index (Phi) is 4.63. The third-order valence-electron chi connectivity index (χ3n) is 4.35. The Morgan fingerprint density at radius 3 is 2.70 bits per heavy atom. The molecule has 1 aliphatic heterocycles. The Morgan fingerprint density at radius 2 is 2.10 bits per heavy atom. The molecule has 2 nitrogen and oxygen atoms in total. The van der Waals surface area contributed by atoms with Crippen LogP contribution >= 0.6 is 34.7 Å². The lowest BCUT2D eigenvalue weighted by atomic mass is 9.75. The monoisotopic (exact) mass is 328 g/mol. The fourth-order valence-electron chi connectivity index (χ4n) is 3.06. The number of nitrogens with one attached hydrogen (secondary N) is 1. The molecule has 1 aromatic heterocycles. The molecule has 1 N–H and O–H groups in total. The predicted octanol–water partition coefficient (Wildman–Crippen LogP) is 5.11. The number of hydrogen-bond donors (Lipinski definition) is 1. The third-order valence-corrected chi connectivity index (χ3v) is 7.04. The van der Waals surface area contributed by atoms with E-state index in [0.717, 1.165) is 16.0 Å². The van der Waals surface area contributed by atoms with Gasteiger partial charge in [0.15, 0.2) is 5.17 Å². The largest absolute Gasteiger partial charge is 0.358 e. The minimum absolute atomic E-state index is 0.291. The van der Waals surface area contributed by atoms with Crippen molar-refractivity contribution in [3.8, 4) is 0 Å². The third kappa shape index (κ3) is 3.34. The maximum absolute atomic E-state index is 6.00. The zero-order chi connectivity index (χ0) is 14.0. The van der Waals surface area contributed by atoms with Gasteiger partial charge in [-0.25, -0.2) is 0 Å². The SMILES string of the molecule is CC(NC1=NCC2(CCCCC2)CS1)c1ccc(Cl)s1. The van der Waals surface area contributed by atoms with Gasteiger partial charge in [-0.2, -0.15) is 0 Å². The standard InChI is InChI=1S/C15H21ClN2S2/c1-11(12-5-6-13(16)20-12)18-14-17-9-15(10-19-14)7-3-2-4-8-15/h5-6,11H,2-4,7-10H2,1H3,(H,17,18). The smallest absolute Gasteiger partial charge is 0.157 e. The molecule has 110 valence electrons. The van der Waals surface area contributed by atoms with Crippen molar-refractivity contribution in [1.29, 1.82) is 0 Å². The highest BCUT2D eigenvalue weighted by Gasteiger charge is 2.35. The van der Waals surface area contributed by atoms with E-state index >= 15 is 0 Å². The number of amidine groups is 1. The number of nitrogens with zero attached hydrogens (tertiary/aromatic N) is 1. The lowest BCUT2D eigenvalue weighted by Gasteiger charge is -2.38. The van der Waals surface area contributed by atoms with Crippen molar-refractivity contribution in [1.82, 2.24) is 5.32 Å². The summed E-state index contributed by atoms with van der Waals surface area (Å²) in [7, 11) is 0. The van der Waals surface area contributed by atoms with Crippen molar-refractivity contribution < 1.29 is 0 Å². The summed E-state index contributed by atoms with van der Waals surface area (Å²) in [6, 6.07) is 4.35. The van der Waals surface area contributed by atoms with E-state index in [1.165, 1.54) is 42.7 Å². The van der Waals surface area contributed by atoms with E-state index in [1.807, 2.05) is 17.8 Å². The second-order valence-electron chi connectivity index (χ2n) is 5.98. The van der Waals surface area contributed by atoms with Gasteiger partial charge >= 0.3 is 0 Å². The van der Waals surface area contributed by atoms with Crippen LogP contribution in [0.15, 0.2) is 17.1 Å². The van der Waals surface area contributed by atoms with Crippen molar-refractivity contribution in [2.24, 2.45) is 10.4 Å². The van der Waals surface area contributed by atoms with Gasteiger partial charge in [-0.15, -0.1) is 11.3 Å². The summed E-state index contributed by atoms with van der Waals surface area (Å²) in [6.45, 7) is 3.19. The molecule has 1 unspecified atom stereocenters. The van der Waals surface area contributed by atoms with Crippen LogP contribution in [-0.2, 0) is 0 Å². The van der Waals surface area contributed by atoms with Gasteiger partial charge in [-0.3, -0.25) is 4.99 Å². The van der Waals surface area contributed by atoms with E-state index in [4.69, 9.17) is 16.6 Å². The fourth-order valence-corrected chi connectivity index (χ4v) is 5.36. The van der Waals surface area contributed by atoms with Crippen LogP contribution < -0.4 is 5.32 Å². The maximum Gasteiger partial charge on any atom is 0.157 e. The first kappa shape index (κ1) is 14.7. The second kappa shape index (κ2) is 6.29. The number of halogens is 1. The number of hydrogen-bond acceptors (Lipinski definition) is 4. The van der Waals surface area contributed by atoms with Gasteiger partial charge < -0.3 is 5.32 Å². The van der Waals surface area contributed by atoms with E-state index in [2.05, 4.69) is 18.3 Å². The quantitative estimate of drug-likeness (QED) is 0.816. The molecular formula is C15H21ClN2S2. The van der Waals surface area contributed by atoms with E-state index < -0.39 is 0 Å². The van der Waals surface area contributed by atoms with Crippen molar-refractivity contribution in [3.63, 3.8) is 0 Å². The summed E-state index contributed by atoms with van der Waals surface area (Å²) in [6.07, 6.45) is 6.93. The molecule has 1 saturated carbocycles. The molecule has 0 bridgehead atoms. The average molecular weight is 329 g/mol. The van der Waals surface area contributed by atoms with E-state index in [1.54, 1.807) is 11.3 Å². The molecule has 0 radical (unpaired) electrons. The molecule has 0 aromatic carbocycles. The molecule has 1 aromatic rings. The topological polar surface area (TPSA) is 24.4 Å². The summed E-state index contributed by atoms with van der Waals surface area (Å²) >= 11 is 9.55. The van der Waals surface area contributed by atoms with Crippen molar-refractivity contribution in [3.05, 3.63) is 21.3 Å². The molecule has 20 heavy (non-hydrogen) atoms. The molecule has 1 spiro atoms. The number of thiophene rings is 1. The summed E-state index contributed by atoms with van der Waals surface area (Å²) in [4.78, 5) is 6.09.